The van der Waals surface area contributed by atoms with Gasteiger partial charge in [-0.15, -0.1) is 11.5 Å². The molecule has 0 N–H and O–H groups in total. The van der Waals surface area contributed by atoms with E-state index in [0.29, 0.717) is 6.10 Å². The zero-order valence-electron chi connectivity index (χ0n) is 25.4. The van der Waals surface area contributed by atoms with Crippen molar-refractivity contribution in [3.63, 3.8) is 0 Å². The lowest BCUT2D eigenvalue weighted by Gasteiger charge is -2.05. The van der Waals surface area contributed by atoms with Gasteiger partial charge in [0.2, 0.25) is 0 Å². The van der Waals surface area contributed by atoms with Crippen molar-refractivity contribution in [3.05, 3.63) is 58.2 Å². The highest BCUT2D eigenvalue weighted by molar-refractivity contribution is 6.83. The average molecular weight is 509 g/mol. The summed E-state index contributed by atoms with van der Waals surface area (Å²) >= 11 is 0. The van der Waals surface area contributed by atoms with E-state index in [2.05, 4.69) is 110 Å². The lowest BCUT2D eigenvalue weighted by atomic mass is 10.0. The van der Waals surface area contributed by atoms with Crippen LogP contribution in [0.3, 0.4) is 0 Å². The molecule has 0 aromatic carbocycles. The third-order valence-electron chi connectivity index (χ3n) is 6.67. The third-order valence-corrected chi connectivity index (χ3v) is 7.60. The van der Waals surface area contributed by atoms with E-state index >= 15 is 0 Å². The highest BCUT2D eigenvalue weighted by atomic mass is 28.3. The Hall–Kier alpha value is -1.56. The predicted molar refractivity (Wildman–Crippen MR) is 165 cm³/mol. The van der Waals surface area contributed by atoms with Gasteiger partial charge < -0.3 is 4.74 Å². The van der Waals surface area contributed by atoms with E-state index < -0.39 is 8.07 Å². The van der Waals surface area contributed by atoms with Crippen LogP contribution in [-0.2, 0) is 4.74 Å². The molecule has 0 radical (unpaired) electrons. The Morgan fingerprint density at radius 1 is 0.750 bits per heavy atom. The van der Waals surface area contributed by atoms with Crippen molar-refractivity contribution in [1.82, 2.24) is 0 Å². The third kappa shape index (κ3) is 17.0. The van der Waals surface area contributed by atoms with Crippen LogP contribution in [0, 0.1) is 11.5 Å². The summed E-state index contributed by atoms with van der Waals surface area (Å²) in [7, 11) is -1.29. The molecule has 1 saturated heterocycles. The summed E-state index contributed by atoms with van der Waals surface area (Å²) in [6, 6.07) is 0. The van der Waals surface area contributed by atoms with Crippen molar-refractivity contribution < 1.29 is 4.74 Å². The number of unbranched alkanes of at least 4 members (excludes halogenated alkanes) is 1. The minimum atomic E-state index is -1.29. The first-order chi connectivity index (χ1) is 16.8. The smallest absolute Gasteiger partial charge is 0.129 e. The van der Waals surface area contributed by atoms with Gasteiger partial charge in [0.25, 0.3) is 0 Å². The first kappa shape index (κ1) is 32.5. The topological polar surface area (TPSA) is 12.5 Å². The molecule has 0 amide bonds. The van der Waals surface area contributed by atoms with Crippen LogP contribution in [0.25, 0.3) is 0 Å². The Kier molecular flexibility index (Phi) is 14.7. The second kappa shape index (κ2) is 16.3. The summed E-state index contributed by atoms with van der Waals surface area (Å²) in [5, 5.41) is 0. The van der Waals surface area contributed by atoms with Gasteiger partial charge >= 0.3 is 0 Å². The predicted octanol–water partition coefficient (Wildman–Crippen LogP) is 10.7. The van der Waals surface area contributed by atoms with Crippen LogP contribution in [-0.4, -0.2) is 19.8 Å². The Labute approximate surface area is 226 Å². The van der Waals surface area contributed by atoms with Crippen LogP contribution >= 0.6 is 0 Å². The highest BCUT2D eigenvalue weighted by Crippen LogP contribution is 2.38. The van der Waals surface area contributed by atoms with E-state index in [1.165, 1.54) is 40.7 Å². The quantitative estimate of drug-likeness (QED) is 0.0704. The minimum absolute atomic E-state index is 0.125. The van der Waals surface area contributed by atoms with Crippen molar-refractivity contribution in [2.45, 2.75) is 144 Å². The molecule has 1 heterocycles. The molecular weight excluding hydrogens is 452 g/mol. The molecule has 202 valence electrons. The maximum Gasteiger partial charge on any atom is 0.129 e. The zero-order valence-corrected chi connectivity index (χ0v) is 26.4. The number of allylic oxidation sites excluding steroid dienone is 10. The summed E-state index contributed by atoms with van der Waals surface area (Å²) in [6.45, 7) is 22.5. The molecule has 1 aliphatic rings. The molecule has 1 atom stereocenters. The van der Waals surface area contributed by atoms with Crippen LogP contribution in [0.15, 0.2) is 58.2 Å². The van der Waals surface area contributed by atoms with E-state index in [1.807, 2.05) is 0 Å². The largest absolute Gasteiger partial charge is 0.367 e. The Morgan fingerprint density at radius 2 is 1.25 bits per heavy atom. The molecule has 36 heavy (non-hydrogen) atoms. The first-order valence-electron chi connectivity index (χ1n) is 14.2. The Balaban J connectivity index is 2.36. The maximum absolute atomic E-state index is 5.69. The number of ether oxygens (including phenoxy) is 1. The van der Waals surface area contributed by atoms with Gasteiger partial charge in [-0.05, 0) is 106 Å². The number of epoxide rings is 1. The molecule has 2 heteroatoms. The molecule has 0 bridgehead atoms. The van der Waals surface area contributed by atoms with Crippen LogP contribution < -0.4 is 0 Å². The van der Waals surface area contributed by atoms with Gasteiger partial charge in [-0.3, -0.25) is 0 Å². The SMILES string of the molecule is CC(C)=CC/C(=C\CC/C(C)=C/CC/C=C(\C)CC/C=C(\C)CCC1OC1(C)C)CC#C[Si](C)(C)C. The molecule has 0 aromatic rings. The molecule has 1 aliphatic heterocycles. The number of rotatable bonds is 15. The lowest BCUT2D eigenvalue weighted by Crippen LogP contribution is -2.16. The van der Waals surface area contributed by atoms with Gasteiger partial charge in [0.05, 0.1) is 11.7 Å². The fraction of sp³-hybridized carbons (Fsp3) is 0.647. The molecule has 1 unspecified atom stereocenters. The molecule has 0 spiro atoms. The van der Waals surface area contributed by atoms with Crippen molar-refractivity contribution in [1.29, 1.82) is 0 Å². The maximum atomic E-state index is 5.69. The number of hydrogen-bond acceptors (Lipinski definition) is 1. The monoisotopic (exact) mass is 508 g/mol. The normalized spacial score (nSPS) is 18.6. The van der Waals surface area contributed by atoms with Gasteiger partial charge in [-0.2, -0.15) is 0 Å². The summed E-state index contributed by atoms with van der Waals surface area (Å²) in [5.74, 6) is 3.46. The highest BCUT2D eigenvalue weighted by Gasteiger charge is 2.46. The first-order valence-corrected chi connectivity index (χ1v) is 17.7. The summed E-state index contributed by atoms with van der Waals surface area (Å²) < 4.78 is 5.69. The van der Waals surface area contributed by atoms with Crippen LogP contribution in [0.1, 0.15) is 113 Å². The van der Waals surface area contributed by atoms with Crippen molar-refractivity contribution in [2.75, 3.05) is 0 Å². The van der Waals surface area contributed by atoms with Gasteiger partial charge in [0.15, 0.2) is 0 Å². The van der Waals surface area contributed by atoms with E-state index in [9.17, 15) is 0 Å². The molecule has 1 rings (SSSR count). The minimum Gasteiger partial charge on any atom is -0.367 e. The van der Waals surface area contributed by atoms with Gasteiger partial charge in [-0.25, -0.2) is 0 Å². The standard InChI is InChI=1S/C34H56OSi/c1-28(2)23-25-32(22-15-27-36(8,9)10)21-14-20-30(4)17-12-11-16-29(3)18-13-19-31(5)24-26-33-34(6,7)35-33/h16-17,19,21,23,33H,11-14,18,20,22,24-26H2,1-10H3/b29-16+,30-17+,31-19+,32-21-. The van der Waals surface area contributed by atoms with Crippen molar-refractivity contribution in [2.24, 2.45) is 0 Å². The van der Waals surface area contributed by atoms with Crippen LogP contribution in [0.4, 0.5) is 0 Å². The van der Waals surface area contributed by atoms with Gasteiger partial charge in [0.1, 0.15) is 8.07 Å². The van der Waals surface area contributed by atoms with E-state index in [0.717, 1.165) is 51.4 Å². The van der Waals surface area contributed by atoms with Gasteiger partial charge in [-0.1, -0.05) is 77.9 Å². The zero-order chi connectivity index (χ0) is 27.2. The van der Waals surface area contributed by atoms with Crippen molar-refractivity contribution in [3.8, 4) is 11.5 Å². The van der Waals surface area contributed by atoms with E-state index in [4.69, 9.17) is 4.74 Å². The fourth-order valence-electron chi connectivity index (χ4n) is 4.10. The summed E-state index contributed by atoms with van der Waals surface area (Å²) in [6.07, 6.45) is 23.7. The van der Waals surface area contributed by atoms with Crippen LogP contribution in [0.5, 0.6) is 0 Å². The molecule has 1 fully saturated rings. The van der Waals surface area contributed by atoms with Gasteiger partial charge in [0, 0.05) is 6.42 Å². The molecule has 0 saturated carbocycles. The lowest BCUT2D eigenvalue weighted by molar-refractivity contribution is 0.320. The Bertz CT molecular complexity index is 886. The summed E-state index contributed by atoms with van der Waals surface area (Å²) in [4.78, 5) is 0. The van der Waals surface area contributed by atoms with Crippen molar-refractivity contribution >= 4 is 8.07 Å². The fourth-order valence-corrected chi connectivity index (χ4v) is 4.72. The second-order valence-electron chi connectivity index (χ2n) is 12.6. The average Bonchev–Trinajstić information content (AvgIpc) is 3.38. The molecular formula is C34H56OSi. The Morgan fingerprint density at radius 3 is 1.75 bits per heavy atom. The van der Waals surface area contributed by atoms with E-state index in [1.54, 1.807) is 0 Å². The van der Waals surface area contributed by atoms with Crippen LogP contribution in [0.2, 0.25) is 19.6 Å². The molecule has 0 aliphatic carbocycles. The molecule has 1 nitrogen and oxygen atoms in total. The van der Waals surface area contributed by atoms with E-state index in [-0.39, 0.29) is 5.60 Å². The number of hydrogen-bond donors (Lipinski definition) is 0. The second-order valence-corrected chi connectivity index (χ2v) is 17.4. The molecule has 0 aromatic heterocycles. The summed E-state index contributed by atoms with van der Waals surface area (Å²) in [5.41, 5.74) is 11.0.